The van der Waals surface area contributed by atoms with Gasteiger partial charge >= 0.3 is 0 Å². The van der Waals surface area contributed by atoms with Crippen LogP contribution >= 0.6 is 0 Å². The van der Waals surface area contributed by atoms with E-state index in [1.54, 1.807) is 19.3 Å². The van der Waals surface area contributed by atoms with E-state index in [0.29, 0.717) is 0 Å². The average molecular weight is 256 g/mol. The van der Waals surface area contributed by atoms with E-state index in [0.717, 1.165) is 34.0 Å². The number of hydrogen-bond acceptors (Lipinski definition) is 0. The SMILES string of the molecule is C.CC1CC23C(C)C4C5CC(C)C6CC7C(C12)C43C657. The third-order valence-corrected chi connectivity index (χ3v) is 10.7. The van der Waals surface area contributed by atoms with Crippen LogP contribution in [-0.4, -0.2) is 0 Å². The summed E-state index contributed by atoms with van der Waals surface area (Å²) in [5, 5.41) is 0. The maximum atomic E-state index is 2.65. The lowest BCUT2D eigenvalue weighted by atomic mass is 8.94. The summed E-state index contributed by atoms with van der Waals surface area (Å²) >= 11 is 0. The lowest BCUT2D eigenvalue weighted by Gasteiger charge is -3.10. The lowest BCUT2D eigenvalue weighted by Crippen LogP contribution is -3.07. The summed E-state index contributed by atoms with van der Waals surface area (Å²) in [4.78, 5) is 0. The molecule has 12 atom stereocenters. The Morgan fingerprint density at radius 3 is 2.26 bits per heavy atom. The molecule has 0 N–H and O–H groups in total. The zero-order valence-electron chi connectivity index (χ0n) is 11.8. The zero-order valence-corrected chi connectivity index (χ0v) is 11.8. The molecule has 0 radical (unpaired) electrons. The normalized spacial score (nSPS) is 85.7. The summed E-state index contributed by atoms with van der Waals surface area (Å²) in [5.41, 5.74) is 2.89. The van der Waals surface area contributed by atoms with Gasteiger partial charge in [-0.1, -0.05) is 28.2 Å². The van der Waals surface area contributed by atoms with Crippen LogP contribution in [0.4, 0.5) is 0 Å². The van der Waals surface area contributed by atoms with Crippen LogP contribution in [0.25, 0.3) is 0 Å². The van der Waals surface area contributed by atoms with Crippen LogP contribution in [0.2, 0.25) is 0 Å². The minimum absolute atomic E-state index is 0. The summed E-state index contributed by atoms with van der Waals surface area (Å²) in [6.07, 6.45) is 4.92. The maximum Gasteiger partial charge on any atom is -0.0103 e. The molecule has 7 fully saturated rings. The Hall–Kier alpha value is 0. The molecular formula is C19H28. The van der Waals surface area contributed by atoms with E-state index in [9.17, 15) is 0 Å². The second-order valence-corrected chi connectivity index (χ2v) is 9.66. The summed E-state index contributed by atoms with van der Waals surface area (Å²) < 4.78 is 0. The van der Waals surface area contributed by atoms with Crippen LogP contribution in [0, 0.1) is 69.5 Å². The Bertz CT molecular complexity index is 532. The van der Waals surface area contributed by atoms with Crippen LogP contribution in [0.5, 0.6) is 0 Å². The molecule has 7 aliphatic carbocycles. The van der Waals surface area contributed by atoms with Crippen molar-refractivity contribution in [3.8, 4) is 0 Å². The molecule has 19 heavy (non-hydrogen) atoms. The third kappa shape index (κ3) is 0.490. The third-order valence-electron chi connectivity index (χ3n) is 10.7. The lowest BCUT2D eigenvalue weighted by molar-refractivity contribution is -0.638. The predicted octanol–water partition coefficient (Wildman–Crippen LogP) is 4.45. The van der Waals surface area contributed by atoms with Crippen molar-refractivity contribution in [3.05, 3.63) is 0 Å². The molecular weight excluding hydrogens is 228 g/mol. The molecule has 104 valence electrons. The Morgan fingerprint density at radius 2 is 1.53 bits per heavy atom. The van der Waals surface area contributed by atoms with Gasteiger partial charge in [0.25, 0.3) is 0 Å². The largest absolute Gasteiger partial charge is 0.0776 e. The van der Waals surface area contributed by atoms with Crippen molar-refractivity contribution in [2.75, 3.05) is 0 Å². The summed E-state index contributed by atoms with van der Waals surface area (Å²) in [6, 6.07) is 0. The quantitative estimate of drug-likeness (QED) is 0.600. The molecule has 0 saturated heterocycles. The van der Waals surface area contributed by atoms with Crippen molar-refractivity contribution in [2.24, 2.45) is 69.5 Å². The molecule has 0 heterocycles. The minimum atomic E-state index is 0. The molecule has 0 aliphatic heterocycles. The Labute approximate surface area is 117 Å². The van der Waals surface area contributed by atoms with Crippen molar-refractivity contribution in [3.63, 3.8) is 0 Å². The van der Waals surface area contributed by atoms with Gasteiger partial charge in [0.1, 0.15) is 0 Å². The van der Waals surface area contributed by atoms with Crippen LogP contribution in [0.15, 0.2) is 0 Å². The maximum absolute atomic E-state index is 2.65. The summed E-state index contributed by atoms with van der Waals surface area (Å²) in [6.45, 7) is 7.81. The number of fused-ring (bicyclic) bond motifs is 3. The molecule has 0 aromatic heterocycles. The molecule has 0 bridgehead atoms. The van der Waals surface area contributed by atoms with E-state index >= 15 is 0 Å². The smallest absolute Gasteiger partial charge is 0.0103 e. The number of rotatable bonds is 0. The van der Waals surface area contributed by atoms with E-state index in [-0.39, 0.29) is 7.43 Å². The highest BCUT2D eigenvalue weighted by molar-refractivity contribution is 5.55. The second-order valence-electron chi connectivity index (χ2n) is 9.66. The van der Waals surface area contributed by atoms with E-state index in [2.05, 4.69) is 20.8 Å². The minimum Gasteiger partial charge on any atom is -0.0776 e. The summed E-state index contributed by atoms with van der Waals surface area (Å²) in [5.74, 6) is 10.6. The average Bonchev–Trinajstić information content (AvgIpc) is 2.49. The van der Waals surface area contributed by atoms with Gasteiger partial charge in [0, 0.05) is 0 Å². The van der Waals surface area contributed by atoms with Gasteiger partial charge in [-0.15, -0.1) is 0 Å². The molecule has 0 heteroatoms. The van der Waals surface area contributed by atoms with E-state index in [4.69, 9.17) is 0 Å². The monoisotopic (exact) mass is 256 g/mol. The topological polar surface area (TPSA) is 0 Å². The Balaban J connectivity index is 0.000000823. The predicted molar refractivity (Wildman–Crippen MR) is 76.3 cm³/mol. The first-order valence-electron chi connectivity index (χ1n) is 8.65. The van der Waals surface area contributed by atoms with E-state index < -0.39 is 0 Å². The number of hydrogen-bond donors (Lipinski definition) is 0. The molecule has 12 unspecified atom stereocenters. The second kappa shape index (κ2) is 2.26. The molecule has 0 aromatic rings. The van der Waals surface area contributed by atoms with Crippen molar-refractivity contribution in [1.29, 1.82) is 0 Å². The van der Waals surface area contributed by atoms with Crippen molar-refractivity contribution in [1.82, 2.24) is 0 Å². The highest BCUT2D eigenvalue weighted by atomic mass is 15.1. The van der Waals surface area contributed by atoms with Crippen LogP contribution < -0.4 is 0 Å². The molecule has 0 amide bonds. The van der Waals surface area contributed by atoms with Gasteiger partial charge < -0.3 is 0 Å². The highest BCUT2D eigenvalue weighted by Gasteiger charge is 3.09. The Kier molecular flexibility index (Phi) is 1.27. The fourth-order valence-corrected chi connectivity index (χ4v) is 11.4. The first kappa shape index (κ1) is 10.7. The fourth-order valence-electron chi connectivity index (χ4n) is 11.4. The molecule has 3 spiro atoms. The van der Waals surface area contributed by atoms with Gasteiger partial charge in [0.2, 0.25) is 0 Å². The van der Waals surface area contributed by atoms with Gasteiger partial charge in [-0.25, -0.2) is 0 Å². The van der Waals surface area contributed by atoms with Gasteiger partial charge in [-0.05, 0) is 88.8 Å². The van der Waals surface area contributed by atoms with Gasteiger partial charge in [0.05, 0.1) is 0 Å². The molecule has 7 saturated carbocycles. The molecule has 7 aliphatic rings. The van der Waals surface area contributed by atoms with Crippen LogP contribution in [0.1, 0.15) is 47.5 Å². The van der Waals surface area contributed by atoms with Gasteiger partial charge in [-0.2, -0.15) is 0 Å². The highest BCUT2D eigenvalue weighted by Crippen LogP contribution is 3.12. The fraction of sp³-hybridized carbons (Fsp3) is 1.00. The van der Waals surface area contributed by atoms with Crippen molar-refractivity contribution >= 4 is 0 Å². The Morgan fingerprint density at radius 1 is 0.789 bits per heavy atom. The first-order chi connectivity index (χ1) is 8.65. The van der Waals surface area contributed by atoms with Crippen molar-refractivity contribution in [2.45, 2.75) is 47.5 Å². The van der Waals surface area contributed by atoms with Crippen LogP contribution in [-0.2, 0) is 0 Å². The first-order valence-corrected chi connectivity index (χ1v) is 8.65. The van der Waals surface area contributed by atoms with E-state index in [1.807, 2.05) is 0 Å². The zero-order chi connectivity index (χ0) is 11.8. The van der Waals surface area contributed by atoms with E-state index in [1.165, 1.54) is 35.5 Å². The standard InChI is InChI=1S/C18H24.CH4/c1-7-4-11-14-9(3)16-6-8(2)13(16)15-12-5-10(7)17(11,12)18(14,15)16;/h7-15H,4-6H2,1-3H3;1H4. The van der Waals surface area contributed by atoms with Crippen molar-refractivity contribution < 1.29 is 0 Å². The molecule has 0 aromatic carbocycles. The van der Waals surface area contributed by atoms with Crippen LogP contribution in [0.3, 0.4) is 0 Å². The summed E-state index contributed by atoms with van der Waals surface area (Å²) in [7, 11) is 0. The van der Waals surface area contributed by atoms with Gasteiger partial charge in [-0.3, -0.25) is 0 Å². The molecule has 7 rings (SSSR count). The van der Waals surface area contributed by atoms with Gasteiger partial charge in [0.15, 0.2) is 0 Å². The molecule has 0 nitrogen and oxygen atoms in total.